The third-order valence-corrected chi connectivity index (χ3v) is 1.72. The number of hydrazine groups is 2. The van der Waals surface area contributed by atoms with Crippen molar-refractivity contribution < 1.29 is 5.21 Å². The normalized spacial score (nSPS) is 14.5. The highest BCUT2D eigenvalue weighted by Gasteiger charge is 2.15. The topological polar surface area (TPSA) is 47.5 Å². The van der Waals surface area contributed by atoms with E-state index in [0.29, 0.717) is 10.7 Å². The molecule has 0 aromatic heterocycles. The summed E-state index contributed by atoms with van der Waals surface area (Å²) in [4.78, 5) is 0. The summed E-state index contributed by atoms with van der Waals surface area (Å²) in [6, 6.07) is 5.14. The Hall–Kier alpha value is -0.970. The van der Waals surface area contributed by atoms with Crippen molar-refractivity contribution in [2.24, 2.45) is 0 Å². The van der Waals surface area contributed by atoms with Crippen molar-refractivity contribution in [1.29, 1.82) is 0 Å². The van der Waals surface area contributed by atoms with Gasteiger partial charge in [0.05, 0.1) is 5.69 Å². The van der Waals surface area contributed by atoms with Crippen LogP contribution in [0.25, 0.3) is 0 Å². The zero-order valence-corrected chi connectivity index (χ0v) is 6.26. The van der Waals surface area contributed by atoms with Crippen molar-refractivity contribution in [2.45, 2.75) is 0 Å². The van der Waals surface area contributed by atoms with Crippen LogP contribution < -0.4 is 16.1 Å². The molecular formula is C6H6ClN3O. The number of benzene rings is 1. The number of rotatable bonds is 0. The third-order valence-electron chi connectivity index (χ3n) is 1.48. The quantitative estimate of drug-likeness (QED) is 0.552. The van der Waals surface area contributed by atoms with Gasteiger partial charge in [-0.2, -0.15) is 5.17 Å². The molecule has 11 heavy (non-hydrogen) atoms. The molecule has 2 rings (SSSR count). The van der Waals surface area contributed by atoms with Gasteiger partial charge in [-0.05, 0) is 18.2 Å². The van der Waals surface area contributed by atoms with Crippen LogP contribution in [0, 0.1) is 0 Å². The Kier molecular flexibility index (Phi) is 1.38. The van der Waals surface area contributed by atoms with Gasteiger partial charge in [-0.25, -0.2) is 0 Å². The molecule has 0 aliphatic carbocycles. The lowest BCUT2D eigenvalue weighted by Gasteiger charge is -2.05. The molecule has 1 aliphatic heterocycles. The number of hydrogen-bond donors (Lipinski definition) is 3. The molecule has 5 heteroatoms. The maximum atomic E-state index is 9.09. The molecule has 1 aliphatic rings. The third kappa shape index (κ3) is 1.01. The van der Waals surface area contributed by atoms with Gasteiger partial charge in [-0.15, -0.1) is 5.53 Å². The van der Waals surface area contributed by atoms with Crippen molar-refractivity contribution in [3.05, 3.63) is 23.2 Å². The monoisotopic (exact) mass is 171 g/mol. The lowest BCUT2D eigenvalue weighted by molar-refractivity contribution is 0.230. The Morgan fingerprint density at radius 2 is 2.27 bits per heavy atom. The van der Waals surface area contributed by atoms with Gasteiger partial charge in [0, 0.05) is 5.02 Å². The van der Waals surface area contributed by atoms with E-state index in [0.717, 1.165) is 10.9 Å². The lowest BCUT2D eigenvalue weighted by atomic mass is 10.3. The fourth-order valence-electron chi connectivity index (χ4n) is 0.966. The molecule has 1 aromatic carbocycles. The molecule has 0 unspecified atom stereocenters. The van der Waals surface area contributed by atoms with Crippen LogP contribution in [0.1, 0.15) is 0 Å². The standard InChI is InChI=1S/C6H6ClN3O/c7-4-1-2-6-5(3-4)8-9-10(6)11/h1-3,8-9,11H. The van der Waals surface area contributed by atoms with E-state index >= 15 is 0 Å². The highest BCUT2D eigenvalue weighted by atomic mass is 35.5. The lowest BCUT2D eigenvalue weighted by Crippen LogP contribution is -2.32. The maximum absolute atomic E-state index is 9.09. The van der Waals surface area contributed by atoms with Crippen LogP contribution in [-0.2, 0) is 0 Å². The Morgan fingerprint density at radius 3 is 3.09 bits per heavy atom. The Balaban J connectivity index is 2.50. The molecule has 0 atom stereocenters. The fraction of sp³-hybridized carbons (Fsp3) is 0. The first-order valence-electron chi connectivity index (χ1n) is 3.07. The van der Waals surface area contributed by atoms with Gasteiger partial charge in [0.2, 0.25) is 0 Å². The summed E-state index contributed by atoms with van der Waals surface area (Å²) in [5.74, 6) is 0. The van der Waals surface area contributed by atoms with Gasteiger partial charge in [-0.3, -0.25) is 10.6 Å². The molecule has 58 valence electrons. The summed E-state index contributed by atoms with van der Waals surface area (Å²) in [5.41, 5.74) is 6.65. The van der Waals surface area contributed by atoms with Crippen molar-refractivity contribution >= 4 is 23.0 Å². The summed E-state index contributed by atoms with van der Waals surface area (Å²) < 4.78 is 0. The van der Waals surface area contributed by atoms with Gasteiger partial charge in [0.25, 0.3) is 0 Å². The smallest absolute Gasteiger partial charge is 0.108 e. The highest BCUT2D eigenvalue weighted by Crippen LogP contribution is 2.29. The number of nitrogens with one attached hydrogen (secondary N) is 2. The van der Waals surface area contributed by atoms with Crippen molar-refractivity contribution in [2.75, 3.05) is 10.6 Å². The summed E-state index contributed by atoms with van der Waals surface area (Å²) in [6.45, 7) is 0. The van der Waals surface area contributed by atoms with E-state index in [9.17, 15) is 0 Å². The second-order valence-electron chi connectivity index (χ2n) is 2.21. The van der Waals surface area contributed by atoms with Gasteiger partial charge >= 0.3 is 0 Å². The molecule has 0 saturated heterocycles. The summed E-state index contributed by atoms with van der Waals surface area (Å²) >= 11 is 5.70. The molecular weight excluding hydrogens is 166 g/mol. The molecule has 1 heterocycles. The summed E-state index contributed by atoms with van der Waals surface area (Å²) in [7, 11) is 0. The number of fused-ring (bicyclic) bond motifs is 1. The first-order chi connectivity index (χ1) is 5.27. The van der Waals surface area contributed by atoms with Gasteiger partial charge < -0.3 is 0 Å². The molecule has 4 nitrogen and oxygen atoms in total. The first-order valence-corrected chi connectivity index (χ1v) is 3.45. The number of halogens is 1. The molecule has 0 radical (unpaired) electrons. The molecule has 1 aromatic rings. The van der Waals surface area contributed by atoms with Crippen molar-refractivity contribution in [1.82, 2.24) is 5.53 Å². The molecule has 0 bridgehead atoms. The van der Waals surface area contributed by atoms with Crippen LogP contribution in [-0.4, -0.2) is 5.21 Å². The summed E-state index contributed by atoms with van der Waals surface area (Å²) in [5, 5.41) is 10.6. The second kappa shape index (κ2) is 2.27. The minimum absolute atomic E-state index is 0.633. The zero-order valence-electron chi connectivity index (χ0n) is 5.50. The van der Waals surface area contributed by atoms with Crippen molar-refractivity contribution in [3.8, 4) is 0 Å². The van der Waals surface area contributed by atoms with E-state index in [1.54, 1.807) is 18.2 Å². The highest BCUT2D eigenvalue weighted by molar-refractivity contribution is 6.31. The van der Waals surface area contributed by atoms with Crippen LogP contribution >= 0.6 is 11.6 Å². The van der Waals surface area contributed by atoms with Gasteiger partial charge in [0.15, 0.2) is 0 Å². The fourth-order valence-corrected chi connectivity index (χ4v) is 1.14. The van der Waals surface area contributed by atoms with E-state index in [1.807, 2.05) is 0 Å². The van der Waals surface area contributed by atoms with E-state index in [4.69, 9.17) is 16.8 Å². The SMILES string of the molecule is ON1NNc2cc(Cl)ccc21. The Morgan fingerprint density at radius 1 is 1.45 bits per heavy atom. The summed E-state index contributed by atoms with van der Waals surface area (Å²) in [6.07, 6.45) is 0. The molecule has 0 fully saturated rings. The molecule has 0 amide bonds. The van der Waals surface area contributed by atoms with Crippen LogP contribution in [0.2, 0.25) is 5.02 Å². The number of nitrogens with zero attached hydrogens (tertiary/aromatic N) is 1. The second-order valence-corrected chi connectivity index (χ2v) is 2.65. The predicted octanol–water partition coefficient (Wildman–Crippen LogP) is 1.38. The Bertz CT molecular complexity index is 291. The van der Waals surface area contributed by atoms with Crippen LogP contribution in [0.3, 0.4) is 0 Å². The minimum atomic E-state index is 0.633. The van der Waals surface area contributed by atoms with Gasteiger partial charge in [-0.1, -0.05) is 11.6 Å². The van der Waals surface area contributed by atoms with E-state index in [2.05, 4.69) is 11.0 Å². The first kappa shape index (κ1) is 6.72. The van der Waals surface area contributed by atoms with Gasteiger partial charge in [0.1, 0.15) is 5.69 Å². The van der Waals surface area contributed by atoms with E-state index < -0.39 is 0 Å². The average molecular weight is 172 g/mol. The average Bonchev–Trinajstić information content (AvgIpc) is 2.32. The number of hydrogen-bond acceptors (Lipinski definition) is 4. The molecule has 0 saturated carbocycles. The minimum Gasteiger partial charge on any atom is -0.300 e. The van der Waals surface area contributed by atoms with Crippen LogP contribution in [0.4, 0.5) is 11.4 Å². The van der Waals surface area contributed by atoms with Crippen molar-refractivity contribution in [3.63, 3.8) is 0 Å². The molecule has 3 N–H and O–H groups in total. The number of anilines is 2. The van der Waals surface area contributed by atoms with E-state index in [-0.39, 0.29) is 0 Å². The zero-order chi connectivity index (χ0) is 7.84. The molecule has 0 spiro atoms. The Labute approximate surface area is 68.3 Å². The van der Waals surface area contributed by atoms with Crippen LogP contribution in [0.15, 0.2) is 18.2 Å². The van der Waals surface area contributed by atoms with E-state index in [1.165, 1.54) is 0 Å². The largest absolute Gasteiger partial charge is 0.300 e. The maximum Gasteiger partial charge on any atom is 0.108 e. The van der Waals surface area contributed by atoms with Crippen LogP contribution in [0.5, 0.6) is 0 Å². The predicted molar refractivity (Wildman–Crippen MR) is 42.5 cm³/mol.